The Hall–Kier alpha value is -2.10. The first-order valence-corrected chi connectivity index (χ1v) is 6.82. The van der Waals surface area contributed by atoms with E-state index in [9.17, 15) is 9.90 Å². The van der Waals surface area contributed by atoms with E-state index in [0.29, 0.717) is 16.7 Å². The van der Waals surface area contributed by atoms with Crippen LogP contribution < -0.4 is 5.56 Å². The number of aryl methyl sites for hydroxylation is 1. The summed E-state index contributed by atoms with van der Waals surface area (Å²) in [4.78, 5) is 16.9. The van der Waals surface area contributed by atoms with Crippen LogP contribution in [-0.2, 0) is 7.05 Å². The molecule has 1 heterocycles. The summed E-state index contributed by atoms with van der Waals surface area (Å²) in [5, 5.41) is 11.1. The number of aromatic hydroxyl groups is 1. The number of nitrogens with zero attached hydrogens (tertiary/aromatic N) is 2. The van der Waals surface area contributed by atoms with Gasteiger partial charge in [-0.15, -0.1) is 0 Å². The summed E-state index contributed by atoms with van der Waals surface area (Å²) in [6.07, 6.45) is 0.895. The van der Waals surface area contributed by atoms with E-state index in [-0.39, 0.29) is 17.4 Å². The van der Waals surface area contributed by atoms with Crippen molar-refractivity contribution in [2.45, 2.75) is 33.2 Å². The molecule has 2 aromatic rings. The standard InChI is InChI=1S/C16H20N2O2/c1-5-10(2)17-11(3)14-15(19)12-8-6-7-9-13(12)18(4)16(14)20/h6-10,19H,5H2,1-4H3. The van der Waals surface area contributed by atoms with E-state index in [2.05, 4.69) is 4.99 Å². The van der Waals surface area contributed by atoms with Crippen molar-refractivity contribution in [3.05, 3.63) is 40.2 Å². The Bertz CT molecular complexity index is 729. The number of benzene rings is 1. The van der Waals surface area contributed by atoms with E-state index in [0.717, 1.165) is 11.9 Å². The molecule has 4 nitrogen and oxygen atoms in total. The summed E-state index contributed by atoms with van der Waals surface area (Å²) in [5.74, 6) is 0.0215. The first kappa shape index (κ1) is 14.3. The van der Waals surface area contributed by atoms with Crippen LogP contribution in [0.3, 0.4) is 0 Å². The van der Waals surface area contributed by atoms with Crippen LogP contribution in [0.25, 0.3) is 10.9 Å². The van der Waals surface area contributed by atoms with Crippen LogP contribution in [-0.4, -0.2) is 21.4 Å². The van der Waals surface area contributed by atoms with Crippen LogP contribution in [0.4, 0.5) is 0 Å². The molecular formula is C16H20N2O2. The predicted molar refractivity (Wildman–Crippen MR) is 82.8 cm³/mol. The molecule has 0 saturated carbocycles. The molecule has 0 radical (unpaired) electrons. The molecular weight excluding hydrogens is 252 g/mol. The van der Waals surface area contributed by atoms with Crippen LogP contribution in [0.15, 0.2) is 34.1 Å². The maximum atomic E-state index is 12.4. The minimum absolute atomic E-state index is 0.0215. The van der Waals surface area contributed by atoms with Gasteiger partial charge < -0.3 is 9.67 Å². The fourth-order valence-corrected chi connectivity index (χ4v) is 2.29. The third-order valence-electron chi connectivity index (χ3n) is 3.64. The molecule has 1 N–H and O–H groups in total. The number of aromatic nitrogens is 1. The van der Waals surface area contributed by atoms with Gasteiger partial charge in [0.2, 0.25) is 0 Å². The fraction of sp³-hybridized carbons (Fsp3) is 0.375. The molecule has 20 heavy (non-hydrogen) atoms. The summed E-state index contributed by atoms with van der Waals surface area (Å²) in [6.45, 7) is 5.81. The van der Waals surface area contributed by atoms with Crippen molar-refractivity contribution < 1.29 is 5.11 Å². The molecule has 0 aliphatic carbocycles. The van der Waals surface area contributed by atoms with Gasteiger partial charge in [0.15, 0.2) is 0 Å². The molecule has 1 aromatic heterocycles. The normalized spacial score (nSPS) is 13.7. The molecule has 0 bridgehead atoms. The summed E-state index contributed by atoms with van der Waals surface area (Å²) >= 11 is 0. The first-order valence-electron chi connectivity index (χ1n) is 6.82. The average molecular weight is 272 g/mol. The number of para-hydroxylation sites is 1. The highest BCUT2D eigenvalue weighted by Gasteiger charge is 2.16. The van der Waals surface area contributed by atoms with E-state index >= 15 is 0 Å². The topological polar surface area (TPSA) is 54.6 Å². The van der Waals surface area contributed by atoms with E-state index in [1.165, 1.54) is 0 Å². The molecule has 0 saturated heterocycles. The van der Waals surface area contributed by atoms with E-state index in [1.54, 1.807) is 18.5 Å². The number of pyridine rings is 1. The average Bonchev–Trinajstić information content (AvgIpc) is 2.45. The van der Waals surface area contributed by atoms with E-state index in [4.69, 9.17) is 0 Å². The van der Waals surface area contributed by atoms with Gasteiger partial charge in [0.1, 0.15) is 11.3 Å². The van der Waals surface area contributed by atoms with E-state index < -0.39 is 0 Å². The third-order valence-corrected chi connectivity index (χ3v) is 3.64. The molecule has 1 aromatic carbocycles. The van der Waals surface area contributed by atoms with Crippen molar-refractivity contribution in [3.63, 3.8) is 0 Å². The molecule has 0 fully saturated rings. The summed E-state index contributed by atoms with van der Waals surface area (Å²) in [7, 11) is 1.71. The highest BCUT2D eigenvalue weighted by Crippen LogP contribution is 2.26. The molecule has 1 unspecified atom stereocenters. The van der Waals surface area contributed by atoms with Gasteiger partial charge in [-0.05, 0) is 32.4 Å². The van der Waals surface area contributed by atoms with Crippen molar-refractivity contribution >= 4 is 16.6 Å². The van der Waals surface area contributed by atoms with Gasteiger partial charge in [0, 0.05) is 24.2 Å². The minimum atomic E-state index is -0.217. The highest BCUT2D eigenvalue weighted by atomic mass is 16.3. The Balaban J connectivity index is 2.78. The highest BCUT2D eigenvalue weighted by molar-refractivity contribution is 6.05. The quantitative estimate of drug-likeness (QED) is 0.873. The molecule has 2 rings (SSSR count). The molecule has 1 atom stereocenters. The Morgan fingerprint density at radius 1 is 1.40 bits per heavy atom. The molecule has 0 amide bonds. The maximum Gasteiger partial charge on any atom is 0.263 e. The third kappa shape index (κ3) is 2.33. The van der Waals surface area contributed by atoms with Crippen molar-refractivity contribution in [3.8, 4) is 5.75 Å². The number of hydrogen-bond donors (Lipinski definition) is 1. The van der Waals surface area contributed by atoms with Crippen LogP contribution in [0.2, 0.25) is 0 Å². The lowest BCUT2D eigenvalue weighted by atomic mass is 10.1. The molecule has 0 aliphatic heterocycles. The minimum Gasteiger partial charge on any atom is -0.506 e. The molecule has 4 heteroatoms. The van der Waals surface area contributed by atoms with Crippen molar-refractivity contribution in [1.82, 2.24) is 4.57 Å². The Morgan fingerprint density at radius 3 is 2.70 bits per heavy atom. The number of fused-ring (bicyclic) bond motifs is 1. The second-order valence-electron chi connectivity index (χ2n) is 5.08. The summed E-state index contributed by atoms with van der Waals surface area (Å²) in [5.41, 5.74) is 1.38. The van der Waals surface area contributed by atoms with Gasteiger partial charge in [0.05, 0.1) is 5.52 Å². The lowest BCUT2D eigenvalue weighted by molar-refractivity contribution is 0.478. The molecule has 0 aliphatic rings. The number of hydrogen-bond acceptors (Lipinski definition) is 3. The zero-order chi connectivity index (χ0) is 14.9. The number of rotatable bonds is 3. The van der Waals surface area contributed by atoms with Gasteiger partial charge in [-0.25, -0.2) is 0 Å². The van der Waals surface area contributed by atoms with Gasteiger partial charge in [-0.1, -0.05) is 19.1 Å². The van der Waals surface area contributed by atoms with Crippen molar-refractivity contribution in [1.29, 1.82) is 0 Å². The van der Waals surface area contributed by atoms with Crippen LogP contribution in [0.5, 0.6) is 5.75 Å². The first-order chi connectivity index (χ1) is 9.47. The van der Waals surface area contributed by atoms with Crippen molar-refractivity contribution in [2.75, 3.05) is 0 Å². The van der Waals surface area contributed by atoms with Gasteiger partial charge in [0.25, 0.3) is 5.56 Å². The van der Waals surface area contributed by atoms with E-state index in [1.807, 2.05) is 38.1 Å². The zero-order valence-corrected chi connectivity index (χ0v) is 12.3. The van der Waals surface area contributed by atoms with Crippen molar-refractivity contribution in [2.24, 2.45) is 12.0 Å². The maximum absolute atomic E-state index is 12.4. The fourth-order valence-electron chi connectivity index (χ4n) is 2.29. The summed E-state index contributed by atoms with van der Waals surface area (Å²) < 4.78 is 1.56. The number of aliphatic imine (C=N–C) groups is 1. The Kier molecular flexibility index (Phi) is 3.93. The van der Waals surface area contributed by atoms with Crippen LogP contribution in [0, 0.1) is 0 Å². The largest absolute Gasteiger partial charge is 0.506 e. The lowest BCUT2D eigenvalue weighted by Gasteiger charge is -2.12. The van der Waals surface area contributed by atoms with Gasteiger partial charge in [-0.2, -0.15) is 0 Å². The monoisotopic (exact) mass is 272 g/mol. The second kappa shape index (κ2) is 5.49. The Morgan fingerprint density at radius 2 is 2.05 bits per heavy atom. The SMILES string of the molecule is CCC(C)N=C(C)c1c(O)c2ccccc2n(C)c1=O. The second-order valence-corrected chi connectivity index (χ2v) is 5.08. The summed E-state index contributed by atoms with van der Waals surface area (Å²) in [6, 6.07) is 7.45. The Labute approximate surface area is 118 Å². The lowest BCUT2D eigenvalue weighted by Crippen LogP contribution is -2.24. The smallest absolute Gasteiger partial charge is 0.263 e. The molecule has 0 spiro atoms. The van der Waals surface area contributed by atoms with Crippen LogP contribution in [0.1, 0.15) is 32.8 Å². The predicted octanol–water partition coefficient (Wildman–Crippen LogP) is 2.85. The molecule has 106 valence electrons. The van der Waals surface area contributed by atoms with Crippen LogP contribution >= 0.6 is 0 Å². The van der Waals surface area contributed by atoms with Gasteiger partial charge in [-0.3, -0.25) is 9.79 Å². The zero-order valence-electron chi connectivity index (χ0n) is 12.3. The van der Waals surface area contributed by atoms with Gasteiger partial charge >= 0.3 is 0 Å².